The average Bonchev–Trinajstić information content (AvgIpc) is 3.52. The first-order valence-corrected chi connectivity index (χ1v) is 11.2. The molecule has 7 heteroatoms. The van der Waals surface area contributed by atoms with Gasteiger partial charge in [0.2, 0.25) is 0 Å². The van der Waals surface area contributed by atoms with Crippen LogP contribution >= 0.6 is 24.0 Å². The van der Waals surface area contributed by atoms with E-state index in [1.165, 1.54) is 24.1 Å². The Morgan fingerprint density at radius 3 is 2.69 bits per heavy atom. The zero-order valence-corrected chi connectivity index (χ0v) is 21.2. The van der Waals surface area contributed by atoms with Gasteiger partial charge in [-0.25, -0.2) is 9.98 Å². The number of aromatic nitrogens is 2. The van der Waals surface area contributed by atoms with E-state index >= 15 is 0 Å². The quantitative estimate of drug-likeness (QED) is 0.252. The van der Waals surface area contributed by atoms with E-state index in [0.29, 0.717) is 6.54 Å². The Morgan fingerprint density at radius 2 is 1.94 bits per heavy atom. The molecule has 1 aliphatic rings. The zero-order valence-electron chi connectivity index (χ0n) is 18.9. The molecule has 0 radical (unpaired) electrons. The lowest BCUT2D eigenvalue weighted by molar-refractivity contribution is 0.686. The van der Waals surface area contributed by atoms with E-state index in [1.807, 2.05) is 23.2 Å². The highest BCUT2D eigenvalue weighted by atomic mass is 127. The standard InChI is InChI=1S/C25H32N6.HI/c1-3-27-25(28-18-22-9-4-5-12-24(22)31-16-13-26-19-31)29-20(2)21-10-8-11-23(17-21)30-14-6-7-15-30;/h4-5,8-13,16-17,19-20H,3,6-7,14-15,18H2,1-2H3,(H2,27,28,29);1H. The van der Waals surface area contributed by atoms with Crippen LogP contribution in [0.15, 0.2) is 72.2 Å². The first-order valence-electron chi connectivity index (χ1n) is 11.2. The Bertz CT molecular complexity index is 995. The summed E-state index contributed by atoms with van der Waals surface area (Å²) in [6, 6.07) is 17.3. The van der Waals surface area contributed by atoms with Gasteiger partial charge in [0.1, 0.15) is 0 Å². The van der Waals surface area contributed by atoms with Crippen LogP contribution in [0, 0.1) is 0 Å². The number of halogens is 1. The molecule has 1 fully saturated rings. The number of hydrogen-bond donors (Lipinski definition) is 2. The third kappa shape index (κ3) is 6.03. The van der Waals surface area contributed by atoms with Crippen LogP contribution in [0.5, 0.6) is 0 Å². The molecule has 32 heavy (non-hydrogen) atoms. The van der Waals surface area contributed by atoms with Gasteiger partial charge in [-0.2, -0.15) is 0 Å². The molecule has 0 amide bonds. The predicted molar refractivity (Wildman–Crippen MR) is 143 cm³/mol. The lowest BCUT2D eigenvalue weighted by atomic mass is 10.1. The van der Waals surface area contributed by atoms with Crippen LogP contribution in [-0.2, 0) is 6.54 Å². The van der Waals surface area contributed by atoms with Crippen molar-refractivity contribution in [1.82, 2.24) is 20.2 Å². The van der Waals surface area contributed by atoms with Gasteiger partial charge in [0, 0.05) is 37.7 Å². The summed E-state index contributed by atoms with van der Waals surface area (Å²) in [5.41, 5.74) is 4.85. The van der Waals surface area contributed by atoms with Crippen molar-refractivity contribution in [3.8, 4) is 5.69 Å². The van der Waals surface area contributed by atoms with Crippen LogP contribution in [0.4, 0.5) is 5.69 Å². The van der Waals surface area contributed by atoms with Crippen LogP contribution in [0.3, 0.4) is 0 Å². The topological polar surface area (TPSA) is 57.5 Å². The summed E-state index contributed by atoms with van der Waals surface area (Å²) in [6.07, 6.45) is 8.15. The van der Waals surface area contributed by atoms with Crippen LogP contribution in [0.25, 0.3) is 5.69 Å². The molecule has 170 valence electrons. The fraction of sp³-hybridized carbons (Fsp3) is 0.360. The van der Waals surface area contributed by atoms with Gasteiger partial charge in [0.05, 0.1) is 24.6 Å². The van der Waals surface area contributed by atoms with Gasteiger partial charge >= 0.3 is 0 Å². The maximum Gasteiger partial charge on any atom is 0.192 e. The molecule has 0 saturated carbocycles. The van der Waals surface area contributed by atoms with Gasteiger partial charge in [-0.05, 0) is 56.0 Å². The summed E-state index contributed by atoms with van der Waals surface area (Å²) < 4.78 is 2.03. The first-order chi connectivity index (χ1) is 15.2. The SMILES string of the molecule is CCNC(=NCc1ccccc1-n1ccnc1)NC(C)c1cccc(N2CCCC2)c1.I. The number of guanidine groups is 1. The summed E-state index contributed by atoms with van der Waals surface area (Å²) in [5, 5.41) is 6.96. The number of imidazole rings is 1. The van der Waals surface area contributed by atoms with Crippen LogP contribution in [0.2, 0.25) is 0 Å². The largest absolute Gasteiger partial charge is 0.372 e. The van der Waals surface area contributed by atoms with Gasteiger partial charge in [0.15, 0.2) is 5.96 Å². The highest BCUT2D eigenvalue weighted by Crippen LogP contribution is 2.24. The lowest BCUT2D eigenvalue weighted by Crippen LogP contribution is -2.38. The molecule has 1 aliphatic heterocycles. The van der Waals surface area contributed by atoms with Crippen molar-refractivity contribution in [1.29, 1.82) is 0 Å². The zero-order chi connectivity index (χ0) is 21.5. The second-order valence-corrected chi connectivity index (χ2v) is 7.95. The normalized spacial score (nSPS) is 14.7. The molecule has 3 aromatic rings. The second-order valence-electron chi connectivity index (χ2n) is 7.95. The van der Waals surface area contributed by atoms with Gasteiger partial charge in [-0.3, -0.25) is 0 Å². The Kier molecular flexibility index (Phi) is 8.96. The van der Waals surface area contributed by atoms with Crippen LogP contribution < -0.4 is 15.5 Å². The van der Waals surface area contributed by atoms with E-state index < -0.39 is 0 Å². The van der Waals surface area contributed by atoms with Crippen molar-refractivity contribution >= 4 is 35.6 Å². The van der Waals surface area contributed by atoms with Crippen molar-refractivity contribution in [3.05, 3.63) is 78.4 Å². The Hall–Kier alpha value is -2.55. The highest BCUT2D eigenvalue weighted by molar-refractivity contribution is 14.0. The molecule has 2 aromatic carbocycles. The molecule has 0 spiro atoms. The molecule has 2 heterocycles. The van der Waals surface area contributed by atoms with Crippen molar-refractivity contribution in [2.24, 2.45) is 4.99 Å². The predicted octanol–water partition coefficient (Wildman–Crippen LogP) is 4.91. The number of benzene rings is 2. The molecule has 1 unspecified atom stereocenters. The number of aliphatic imine (C=N–C) groups is 1. The van der Waals surface area contributed by atoms with E-state index in [9.17, 15) is 0 Å². The summed E-state index contributed by atoms with van der Waals surface area (Å²) in [5.74, 6) is 0.821. The average molecular weight is 544 g/mol. The molecular formula is C25H33IN6. The summed E-state index contributed by atoms with van der Waals surface area (Å²) in [6.45, 7) is 8.00. The van der Waals surface area contributed by atoms with Crippen molar-refractivity contribution in [2.45, 2.75) is 39.3 Å². The molecule has 6 nitrogen and oxygen atoms in total. The Morgan fingerprint density at radius 1 is 1.12 bits per heavy atom. The van der Waals surface area contributed by atoms with Gasteiger partial charge in [-0.15, -0.1) is 24.0 Å². The summed E-state index contributed by atoms with van der Waals surface area (Å²) in [7, 11) is 0. The lowest BCUT2D eigenvalue weighted by Gasteiger charge is -2.22. The molecule has 1 saturated heterocycles. The van der Waals surface area contributed by atoms with E-state index in [-0.39, 0.29) is 30.0 Å². The number of para-hydroxylation sites is 1. The maximum absolute atomic E-state index is 4.87. The number of rotatable bonds is 7. The number of nitrogens with zero attached hydrogens (tertiary/aromatic N) is 4. The van der Waals surface area contributed by atoms with E-state index in [2.05, 4.69) is 76.8 Å². The third-order valence-electron chi connectivity index (χ3n) is 5.72. The van der Waals surface area contributed by atoms with Crippen LogP contribution in [-0.4, -0.2) is 35.1 Å². The fourth-order valence-corrected chi connectivity index (χ4v) is 4.04. The molecule has 2 N–H and O–H groups in total. The molecule has 1 aromatic heterocycles. The fourth-order valence-electron chi connectivity index (χ4n) is 4.04. The minimum atomic E-state index is 0. The minimum absolute atomic E-state index is 0. The molecule has 1 atom stereocenters. The van der Waals surface area contributed by atoms with Gasteiger partial charge in [-0.1, -0.05) is 30.3 Å². The number of anilines is 1. The highest BCUT2D eigenvalue weighted by Gasteiger charge is 2.14. The number of nitrogens with one attached hydrogen (secondary N) is 2. The summed E-state index contributed by atoms with van der Waals surface area (Å²) in [4.78, 5) is 11.5. The first kappa shape index (κ1) is 24.1. The maximum atomic E-state index is 4.87. The Labute approximate surface area is 208 Å². The van der Waals surface area contributed by atoms with Gasteiger partial charge < -0.3 is 20.1 Å². The second kappa shape index (κ2) is 11.9. The Balaban J connectivity index is 0.00000289. The molecular weight excluding hydrogens is 511 g/mol. The smallest absolute Gasteiger partial charge is 0.192 e. The number of hydrogen-bond acceptors (Lipinski definition) is 3. The van der Waals surface area contributed by atoms with Crippen molar-refractivity contribution in [3.63, 3.8) is 0 Å². The van der Waals surface area contributed by atoms with E-state index in [1.54, 1.807) is 6.20 Å². The van der Waals surface area contributed by atoms with E-state index in [4.69, 9.17) is 4.99 Å². The molecule has 0 bridgehead atoms. The molecule has 4 rings (SSSR count). The van der Waals surface area contributed by atoms with E-state index in [0.717, 1.165) is 36.8 Å². The van der Waals surface area contributed by atoms with Crippen molar-refractivity contribution in [2.75, 3.05) is 24.5 Å². The van der Waals surface area contributed by atoms with Crippen molar-refractivity contribution < 1.29 is 0 Å². The monoisotopic (exact) mass is 544 g/mol. The van der Waals surface area contributed by atoms with Crippen LogP contribution in [0.1, 0.15) is 43.9 Å². The summed E-state index contributed by atoms with van der Waals surface area (Å²) >= 11 is 0. The molecule has 0 aliphatic carbocycles. The third-order valence-corrected chi connectivity index (χ3v) is 5.72. The van der Waals surface area contributed by atoms with Gasteiger partial charge in [0.25, 0.3) is 0 Å². The minimum Gasteiger partial charge on any atom is -0.372 e.